The van der Waals surface area contributed by atoms with Crippen molar-refractivity contribution >= 4 is 11.9 Å². The Morgan fingerprint density at radius 2 is 1.32 bits per heavy atom. The number of nitrogens with zero attached hydrogens (tertiary/aromatic N) is 3. The Hall–Kier alpha value is -2.71. The van der Waals surface area contributed by atoms with Crippen molar-refractivity contribution in [1.29, 1.82) is 0 Å². The molecule has 0 amide bonds. The number of hydrogen-bond acceptors (Lipinski definition) is 6. The van der Waals surface area contributed by atoms with Gasteiger partial charge in [0.05, 0.1) is 0 Å². The third-order valence-corrected chi connectivity index (χ3v) is 3.09. The van der Waals surface area contributed by atoms with Crippen LogP contribution < -0.4 is 10.6 Å². The number of halogens is 12. The summed E-state index contributed by atoms with van der Waals surface area (Å²) in [6.07, 6.45) is -22.6. The molecule has 176 valence electrons. The van der Waals surface area contributed by atoms with Crippen molar-refractivity contribution in [2.24, 2.45) is 0 Å². The highest BCUT2D eigenvalue weighted by molar-refractivity contribution is 5.40. The van der Waals surface area contributed by atoms with E-state index >= 15 is 0 Å². The minimum Gasteiger partial charge on any atom is -0.363 e. The van der Waals surface area contributed by atoms with Crippen LogP contribution in [0, 0.1) is 11.8 Å². The van der Waals surface area contributed by atoms with Gasteiger partial charge < -0.3 is 15.7 Å². The fourth-order valence-electron chi connectivity index (χ4n) is 1.48. The number of alkyl halides is 12. The SMILES string of the molecule is C[C@@H](Nc1nc(C#CC(O)(C(F)(F)F)C(F)(F)F)nc(NCC(F)(F)F)n1)C(F)(F)F. The van der Waals surface area contributed by atoms with E-state index < -0.39 is 60.6 Å². The average Bonchev–Trinajstić information content (AvgIpc) is 2.54. The molecule has 1 atom stereocenters. The number of aromatic nitrogens is 3. The van der Waals surface area contributed by atoms with Crippen LogP contribution in [0.25, 0.3) is 0 Å². The van der Waals surface area contributed by atoms with Crippen LogP contribution in [-0.2, 0) is 0 Å². The molecular weight excluding hydrogens is 470 g/mol. The fourth-order valence-corrected chi connectivity index (χ4v) is 1.48. The van der Waals surface area contributed by atoms with E-state index in [0.717, 1.165) is 5.92 Å². The highest BCUT2D eigenvalue weighted by atomic mass is 19.4. The molecule has 0 aliphatic carbocycles. The molecule has 0 radical (unpaired) electrons. The van der Waals surface area contributed by atoms with Gasteiger partial charge in [-0.3, -0.25) is 0 Å². The molecule has 0 aliphatic rings. The lowest BCUT2D eigenvalue weighted by atomic mass is 10.0. The van der Waals surface area contributed by atoms with E-state index in [1.54, 1.807) is 0 Å². The largest absolute Gasteiger partial charge is 0.438 e. The maximum Gasteiger partial charge on any atom is 0.438 e. The summed E-state index contributed by atoms with van der Waals surface area (Å²) in [7, 11) is 0. The van der Waals surface area contributed by atoms with Crippen molar-refractivity contribution in [2.75, 3.05) is 17.2 Å². The number of hydrogen-bond donors (Lipinski definition) is 3. The summed E-state index contributed by atoms with van der Waals surface area (Å²) in [4.78, 5) is 9.14. The summed E-state index contributed by atoms with van der Waals surface area (Å²) in [5, 5.41) is 11.9. The Morgan fingerprint density at radius 1 is 0.839 bits per heavy atom. The maximum atomic E-state index is 12.6. The Bertz CT molecular complexity index is 819. The summed E-state index contributed by atoms with van der Waals surface area (Å²) >= 11 is 0. The van der Waals surface area contributed by atoms with Gasteiger partial charge in [-0.15, -0.1) is 0 Å². The Kier molecular flexibility index (Phi) is 7.16. The van der Waals surface area contributed by atoms with Gasteiger partial charge in [-0.05, 0) is 18.8 Å². The predicted octanol–water partition coefficient (Wildman–Crippen LogP) is 3.42. The van der Waals surface area contributed by atoms with Crippen LogP contribution in [0.4, 0.5) is 64.6 Å². The van der Waals surface area contributed by atoms with Gasteiger partial charge in [-0.25, -0.2) is 0 Å². The van der Waals surface area contributed by atoms with Gasteiger partial charge in [0.1, 0.15) is 12.6 Å². The number of aliphatic hydroxyl groups is 1. The van der Waals surface area contributed by atoms with Gasteiger partial charge in [-0.1, -0.05) is 0 Å². The van der Waals surface area contributed by atoms with E-state index in [-0.39, 0.29) is 0 Å². The van der Waals surface area contributed by atoms with Crippen LogP contribution in [0.2, 0.25) is 0 Å². The van der Waals surface area contributed by atoms with Gasteiger partial charge in [0.15, 0.2) is 0 Å². The molecule has 1 aromatic heterocycles. The third-order valence-electron chi connectivity index (χ3n) is 3.09. The van der Waals surface area contributed by atoms with E-state index in [2.05, 4.69) is 15.0 Å². The van der Waals surface area contributed by atoms with E-state index in [9.17, 15) is 52.7 Å². The monoisotopic (exact) mass is 479 g/mol. The van der Waals surface area contributed by atoms with Crippen molar-refractivity contribution in [2.45, 2.75) is 43.3 Å². The van der Waals surface area contributed by atoms with Gasteiger partial charge in [0.2, 0.25) is 17.7 Å². The maximum absolute atomic E-state index is 12.6. The summed E-state index contributed by atoms with van der Waals surface area (Å²) in [6, 6.07) is -2.44. The van der Waals surface area contributed by atoms with Gasteiger partial charge in [-0.2, -0.15) is 67.6 Å². The van der Waals surface area contributed by atoms with Crippen LogP contribution in [-0.4, -0.2) is 63.0 Å². The zero-order chi connectivity index (χ0) is 24.5. The van der Waals surface area contributed by atoms with Gasteiger partial charge in [0, 0.05) is 0 Å². The molecule has 0 bridgehead atoms. The minimum atomic E-state index is -6.37. The van der Waals surface area contributed by atoms with Crippen LogP contribution in [0.3, 0.4) is 0 Å². The average molecular weight is 479 g/mol. The molecule has 0 spiro atoms. The normalized spacial score (nSPS) is 14.5. The second-order valence-corrected chi connectivity index (χ2v) is 5.64. The summed E-state index contributed by atoms with van der Waals surface area (Å²) in [6.45, 7) is -1.36. The molecular formula is C13H9F12N5O. The Balaban J connectivity index is 3.46. The highest BCUT2D eigenvalue weighted by Crippen LogP contribution is 2.42. The van der Waals surface area contributed by atoms with E-state index in [0.29, 0.717) is 12.8 Å². The van der Waals surface area contributed by atoms with Crippen LogP contribution in [0.15, 0.2) is 0 Å². The molecule has 0 saturated carbocycles. The Labute approximate surface area is 164 Å². The molecule has 1 rings (SSSR count). The smallest absolute Gasteiger partial charge is 0.363 e. The fraction of sp³-hybridized carbons (Fsp3) is 0.615. The molecule has 1 heterocycles. The lowest BCUT2D eigenvalue weighted by Crippen LogP contribution is -2.55. The first-order valence-corrected chi connectivity index (χ1v) is 7.44. The van der Waals surface area contributed by atoms with Crippen molar-refractivity contribution in [3.63, 3.8) is 0 Å². The number of rotatable bonds is 4. The Morgan fingerprint density at radius 3 is 1.74 bits per heavy atom. The lowest BCUT2D eigenvalue weighted by Gasteiger charge is -2.27. The zero-order valence-electron chi connectivity index (χ0n) is 14.6. The summed E-state index contributed by atoms with van der Waals surface area (Å²) < 4.78 is 150. The number of anilines is 2. The molecule has 0 saturated heterocycles. The second-order valence-electron chi connectivity index (χ2n) is 5.64. The molecule has 0 aliphatic heterocycles. The molecule has 6 nitrogen and oxygen atoms in total. The highest BCUT2D eigenvalue weighted by Gasteiger charge is 2.70. The summed E-state index contributed by atoms with van der Waals surface area (Å²) in [5.74, 6) is -2.29. The first-order chi connectivity index (χ1) is 13.7. The van der Waals surface area contributed by atoms with Crippen molar-refractivity contribution < 1.29 is 57.8 Å². The van der Waals surface area contributed by atoms with Gasteiger partial charge >= 0.3 is 30.3 Å². The predicted molar refractivity (Wildman–Crippen MR) is 77.4 cm³/mol. The second kappa shape index (κ2) is 8.43. The van der Waals surface area contributed by atoms with Crippen molar-refractivity contribution in [3.8, 4) is 11.8 Å². The third kappa shape index (κ3) is 7.18. The molecule has 0 unspecified atom stereocenters. The topological polar surface area (TPSA) is 83.0 Å². The number of nitrogens with one attached hydrogen (secondary N) is 2. The zero-order valence-corrected chi connectivity index (χ0v) is 14.6. The quantitative estimate of drug-likeness (QED) is 0.454. The van der Waals surface area contributed by atoms with Crippen molar-refractivity contribution in [3.05, 3.63) is 5.82 Å². The van der Waals surface area contributed by atoms with Crippen molar-refractivity contribution in [1.82, 2.24) is 15.0 Å². The van der Waals surface area contributed by atoms with E-state index in [1.807, 2.05) is 0 Å². The van der Waals surface area contributed by atoms with E-state index in [1.165, 1.54) is 10.6 Å². The molecule has 31 heavy (non-hydrogen) atoms. The van der Waals surface area contributed by atoms with Crippen LogP contribution >= 0.6 is 0 Å². The lowest BCUT2D eigenvalue weighted by molar-refractivity contribution is -0.343. The molecule has 0 aromatic carbocycles. The standard InChI is InChI=1S/C13H9F12N5O/c1-5(11(17,18)19)27-8-29-6(28-7(30-8)26-4-10(14,15)16)2-3-9(31,12(20,21)22)13(23,24)25/h5,31H,4H2,1H3,(H2,26,27,28,29,30)/t5-/m1/s1. The molecule has 3 N–H and O–H groups in total. The van der Waals surface area contributed by atoms with Crippen LogP contribution in [0.5, 0.6) is 0 Å². The van der Waals surface area contributed by atoms with Crippen LogP contribution in [0.1, 0.15) is 12.7 Å². The van der Waals surface area contributed by atoms with Gasteiger partial charge in [0.25, 0.3) is 0 Å². The molecule has 18 heteroatoms. The first kappa shape index (κ1) is 26.3. The molecule has 1 aromatic rings. The minimum absolute atomic E-state index is 0.405. The molecule has 0 fully saturated rings. The first-order valence-electron chi connectivity index (χ1n) is 7.44. The summed E-state index contributed by atoms with van der Waals surface area (Å²) in [5.41, 5.74) is -5.58. The van der Waals surface area contributed by atoms with E-state index in [4.69, 9.17) is 5.11 Å².